The molecule has 0 aliphatic rings. The molecule has 258 valence electrons. The van der Waals surface area contributed by atoms with Crippen LogP contribution in [0.5, 0.6) is 0 Å². The van der Waals surface area contributed by atoms with Crippen LogP contribution in [0.3, 0.4) is 0 Å². The SMILES string of the molecule is c1ccc(-c2cccc(N(c3ccc(-c4cccc5oc6cc(-c7ccccc7)c7ccccc7c6c45)cc3)c3ccc4c(c3)oc3ccccc34)c2)cc1. The largest absolute Gasteiger partial charge is 0.456 e. The van der Waals surface area contributed by atoms with Crippen LogP contribution in [0.4, 0.5) is 17.1 Å². The maximum absolute atomic E-state index is 6.65. The maximum Gasteiger partial charge on any atom is 0.137 e. The molecule has 0 saturated heterocycles. The van der Waals surface area contributed by atoms with E-state index in [9.17, 15) is 0 Å². The summed E-state index contributed by atoms with van der Waals surface area (Å²) in [5, 5.41) is 6.90. The minimum Gasteiger partial charge on any atom is -0.456 e. The molecule has 9 aromatic carbocycles. The summed E-state index contributed by atoms with van der Waals surface area (Å²) in [6, 6.07) is 70.8. The monoisotopic (exact) mass is 703 g/mol. The lowest BCUT2D eigenvalue weighted by atomic mass is 9.92. The second kappa shape index (κ2) is 12.6. The van der Waals surface area contributed by atoms with Gasteiger partial charge < -0.3 is 13.7 Å². The maximum atomic E-state index is 6.65. The van der Waals surface area contributed by atoms with Gasteiger partial charge in [-0.05, 0) is 98.8 Å². The Labute approximate surface area is 317 Å². The van der Waals surface area contributed by atoms with Crippen molar-refractivity contribution in [3.8, 4) is 33.4 Å². The molecule has 0 aliphatic heterocycles. The summed E-state index contributed by atoms with van der Waals surface area (Å²) in [7, 11) is 0. The van der Waals surface area contributed by atoms with Gasteiger partial charge in [-0.1, -0.05) is 140 Å². The predicted molar refractivity (Wildman–Crippen MR) is 229 cm³/mol. The molecular weight excluding hydrogens is 671 g/mol. The molecule has 0 spiro atoms. The van der Waals surface area contributed by atoms with E-state index in [4.69, 9.17) is 8.83 Å². The summed E-state index contributed by atoms with van der Waals surface area (Å²) < 4.78 is 13.0. The fourth-order valence-corrected chi connectivity index (χ4v) is 8.32. The van der Waals surface area contributed by atoms with E-state index in [0.717, 1.165) is 77.6 Å². The Balaban J connectivity index is 1.07. The fraction of sp³-hybridized carbons (Fsp3) is 0. The number of anilines is 3. The average Bonchev–Trinajstić information content (AvgIpc) is 3.83. The zero-order chi connectivity index (χ0) is 36.3. The topological polar surface area (TPSA) is 29.5 Å². The van der Waals surface area contributed by atoms with Gasteiger partial charge in [0.15, 0.2) is 0 Å². The van der Waals surface area contributed by atoms with Crippen LogP contribution in [0.25, 0.3) is 88.0 Å². The Hall–Kier alpha value is -7.36. The second-order valence-electron chi connectivity index (χ2n) is 14.1. The first-order valence-electron chi connectivity index (χ1n) is 18.7. The predicted octanol–water partition coefficient (Wildman–Crippen LogP) is 15.1. The van der Waals surface area contributed by atoms with Crippen molar-refractivity contribution >= 4 is 71.7 Å². The summed E-state index contributed by atoms with van der Waals surface area (Å²) >= 11 is 0. The molecule has 0 amide bonds. The number of benzene rings is 9. The van der Waals surface area contributed by atoms with Crippen LogP contribution in [0.2, 0.25) is 0 Å². The highest BCUT2D eigenvalue weighted by atomic mass is 16.3. The molecule has 0 saturated carbocycles. The van der Waals surface area contributed by atoms with Gasteiger partial charge in [0.05, 0.1) is 0 Å². The lowest BCUT2D eigenvalue weighted by Crippen LogP contribution is -2.10. The molecule has 0 unspecified atom stereocenters. The number of fused-ring (bicyclic) bond motifs is 8. The Morgan fingerprint density at radius 2 is 0.855 bits per heavy atom. The molecule has 11 rings (SSSR count). The van der Waals surface area contributed by atoms with E-state index >= 15 is 0 Å². The third-order valence-corrected chi connectivity index (χ3v) is 10.9. The van der Waals surface area contributed by atoms with Crippen molar-refractivity contribution in [3.05, 3.63) is 200 Å². The van der Waals surface area contributed by atoms with Crippen LogP contribution in [0, 0.1) is 0 Å². The molecule has 0 N–H and O–H groups in total. The first-order chi connectivity index (χ1) is 27.3. The molecular formula is C52H33NO2. The number of nitrogens with zero attached hydrogens (tertiary/aromatic N) is 1. The minimum atomic E-state index is 0.862. The highest BCUT2D eigenvalue weighted by molar-refractivity contribution is 6.25. The van der Waals surface area contributed by atoms with Gasteiger partial charge in [-0.15, -0.1) is 0 Å². The van der Waals surface area contributed by atoms with Crippen LogP contribution in [-0.2, 0) is 0 Å². The van der Waals surface area contributed by atoms with Crippen molar-refractivity contribution in [2.24, 2.45) is 0 Å². The number of furan rings is 2. The molecule has 0 bridgehead atoms. The van der Waals surface area contributed by atoms with E-state index in [1.165, 1.54) is 27.5 Å². The van der Waals surface area contributed by atoms with Gasteiger partial charge in [0.25, 0.3) is 0 Å². The summed E-state index contributed by atoms with van der Waals surface area (Å²) in [4.78, 5) is 2.31. The standard InChI is InChI=1S/C52H33NO2/c1-3-13-34(14-4-1)37-17-11-18-39(31-37)53(40-29-30-44-43-20-9-10-23-47(43)54-49(44)32-40)38-27-25-36(26-28-38)41-22-12-24-48-51(41)52-45-21-8-7-19-42(45)46(33-50(52)55-48)35-15-5-2-6-16-35/h1-33H. The fourth-order valence-electron chi connectivity index (χ4n) is 8.32. The first-order valence-corrected chi connectivity index (χ1v) is 18.7. The minimum absolute atomic E-state index is 0.862. The summed E-state index contributed by atoms with van der Waals surface area (Å²) in [5.41, 5.74) is 13.6. The van der Waals surface area contributed by atoms with Crippen molar-refractivity contribution in [2.45, 2.75) is 0 Å². The normalized spacial score (nSPS) is 11.6. The third-order valence-electron chi connectivity index (χ3n) is 10.9. The zero-order valence-electron chi connectivity index (χ0n) is 29.8. The van der Waals surface area contributed by atoms with E-state index in [1.54, 1.807) is 0 Å². The molecule has 0 fully saturated rings. The van der Waals surface area contributed by atoms with Crippen LogP contribution < -0.4 is 4.90 Å². The Morgan fingerprint density at radius 1 is 0.273 bits per heavy atom. The molecule has 0 aliphatic carbocycles. The molecule has 0 atom stereocenters. The van der Waals surface area contributed by atoms with Gasteiger partial charge in [0.2, 0.25) is 0 Å². The smallest absolute Gasteiger partial charge is 0.137 e. The zero-order valence-corrected chi connectivity index (χ0v) is 29.8. The lowest BCUT2D eigenvalue weighted by Gasteiger charge is -2.26. The van der Waals surface area contributed by atoms with Crippen molar-refractivity contribution < 1.29 is 8.83 Å². The van der Waals surface area contributed by atoms with Gasteiger partial charge in [0, 0.05) is 44.7 Å². The highest BCUT2D eigenvalue weighted by Gasteiger charge is 2.20. The lowest BCUT2D eigenvalue weighted by molar-refractivity contribution is 0.669. The second-order valence-corrected chi connectivity index (χ2v) is 14.1. The Morgan fingerprint density at radius 3 is 1.67 bits per heavy atom. The summed E-state index contributed by atoms with van der Waals surface area (Å²) in [5.74, 6) is 0. The Kier molecular flexibility index (Phi) is 7.17. The number of rotatable bonds is 6. The van der Waals surface area contributed by atoms with Gasteiger partial charge in [-0.2, -0.15) is 0 Å². The number of hydrogen-bond acceptors (Lipinski definition) is 3. The van der Waals surface area contributed by atoms with E-state index in [2.05, 4.69) is 193 Å². The highest BCUT2D eigenvalue weighted by Crippen LogP contribution is 2.45. The summed E-state index contributed by atoms with van der Waals surface area (Å²) in [6.07, 6.45) is 0. The molecule has 2 aromatic heterocycles. The molecule has 3 heteroatoms. The van der Waals surface area contributed by atoms with Gasteiger partial charge >= 0.3 is 0 Å². The van der Waals surface area contributed by atoms with Gasteiger partial charge in [-0.3, -0.25) is 0 Å². The third kappa shape index (κ3) is 5.20. The molecule has 55 heavy (non-hydrogen) atoms. The molecule has 11 aromatic rings. The van der Waals surface area contributed by atoms with Crippen LogP contribution in [0.1, 0.15) is 0 Å². The quantitative estimate of drug-likeness (QED) is 0.173. The average molecular weight is 704 g/mol. The van der Waals surface area contributed by atoms with Gasteiger partial charge in [0.1, 0.15) is 22.3 Å². The molecule has 0 radical (unpaired) electrons. The van der Waals surface area contributed by atoms with Crippen molar-refractivity contribution in [1.29, 1.82) is 0 Å². The van der Waals surface area contributed by atoms with Crippen molar-refractivity contribution in [1.82, 2.24) is 0 Å². The molecule has 3 nitrogen and oxygen atoms in total. The van der Waals surface area contributed by atoms with Crippen LogP contribution >= 0.6 is 0 Å². The van der Waals surface area contributed by atoms with E-state index in [1.807, 2.05) is 12.1 Å². The van der Waals surface area contributed by atoms with E-state index in [0.29, 0.717) is 0 Å². The molecule has 2 heterocycles. The number of hydrogen-bond donors (Lipinski definition) is 0. The first kappa shape index (κ1) is 31.2. The van der Waals surface area contributed by atoms with Crippen LogP contribution in [0.15, 0.2) is 209 Å². The van der Waals surface area contributed by atoms with Gasteiger partial charge in [-0.25, -0.2) is 0 Å². The van der Waals surface area contributed by atoms with Crippen molar-refractivity contribution in [2.75, 3.05) is 4.90 Å². The van der Waals surface area contributed by atoms with Crippen LogP contribution in [-0.4, -0.2) is 0 Å². The number of para-hydroxylation sites is 1. The summed E-state index contributed by atoms with van der Waals surface area (Å²) in [6.45, 7) is 0. The van der Waals surface area contributed by atoms with E-state index in [-0.39, 0.29) is 0 Å². The Bertz CT molecular complexity index is 3190. The van der Waals surface area contributed by atoms with E-state index < -0.39 is 0 Å². The van der Waals surface area contributed by atoms with Crippen molar-refractivity contribution in [3.63, 3.8) is 0 Å².